The number of nitriles is 1. The molecule has 1 saturated heterocycles. The first-order valence-electron chi connectivity index (χ1n) is 10.3. The number of amides is 1. The van der Waals surface area contributed by atoms with Crippen molar-refractivity contribution in [2.45, 2.75) is 43.5 Å². The average Bonchev–Trinajstić information content (AvgIpc) is 2.79. The molecular weight excluding hydrogens is 398 g/mol. The van der Waals surface area contributed by atoms with Crippen LogP contribution < -0.4 is 0 Å². The van der Waals surface area contributed by atoms with Crippen molar-refractivity contribution in [3.05, 3.63) is 65.7 Å². The molecule has 1 fully saturated rings. The summed E-state index contributed by atoms with van der Waals surface area (Å²) in [5, 5.41) is 9.06. The topological polar surface area (TPSA) is 81.5 Å². The van der Waals surface area contributed by atoms with Crippen molar-refractivity contribution < 1.29 is 13.2 Å². The average molecular weight is 426 g/mol. The SMILES string of the molecule is N#CCN(Cc1ccccc1)C(=O)CCc1ccc(S(=O)(=O)N2CCCCC2)cc1. The molecule has 30 heavy (non-hydrogen) atoms. The van der Waals surface area contributed by atoms with Crippen molar-refractivity contribution in [1.82, 2.24) is 9.21 Å². The highest BCUT2D eigenvalue weighted by atomic mass is 32.2. The van der Waals surface area contributed by atoms with Crippen LogP contribution in [0.5, 0.6) is 0 Å². The first-order valence-corrected chi connectivity index (χ1v) is 11.7. The number of sulfonamides is 1. The standard InChI is InChI=1S/C23H27N3O3S/c24-15-18-25(19-21-7-3-1-4-8-21)23(27)14-11-20-9-12-22(13-10-20)30(28,29)26-16-5-2-6-17-26/h1,3-4,7-10,12-13H,2,5-6,11,14,16-19H2. The molecule has 2 aromatic rings. The Bertz CT molecular complexity index is 977. The second-order valence-corrected chi connectivity index (χ2v) is 9.44. The highest BCUT2D eigenvalue weighted by Crippen LogP contribution is 2.21. The molecule has 0 bridgehead atoms. The Hall–Kier alpha value is -2.69. The van der Waals surface area contributed by atoms with Crippen molar-refractivity contribution >= 4 is 15.9 Å². The number of hydrogen-bond donors (Lipinski definition) is 0. The quantitative estimate of drug-likeness (QED) is 0.608. The van der Waals surface area contributed by atoms with E-state index in [0.717, 1.165) is 30.4 Å². The number of nitrogens with zero attached hydrogens (tertiary/aromatic N) is 3. The van der Waals surface area contributed by atoms with Gasteiger partial charge >= 0.3 is 0 Å². The molecule has 7 heteroatoms. The van der Waals surface area contributed by atoms with Gasteiger partial charge in [-0.05, 0) is 42.5 Å². The fourth-order valence-electron chi connectivity index (χ4n) is 3.61. The van der Waals surface area contributed by atoms with Crippen LogP contribution in [0.3, 0.4) is 0 Å². The summed E-state index contributed by atoms with van der Waals surface area (Å²) in [5.41, 5.74) is 1.88. The van der Waals surface area contributed by atoms with E-state index in [2.05, 4.69) is 6.07 Å². The molecular formula is C23H27N3O3S. The van der Waals surface area contributed by atoms with Gasteiger partial charge in [-0.15, -0.1) is 0 Å². The molecule has 1 amide bonds. The lowest BCUT2D eigenvalue weighted by molar-refractivity contribution is -0.131. The van der Waals surface area contributed by atoms with Crippen LogP contribution in [0, 0.1) is 11.3 Å². The maximum atomic E-state index is 12.7. The summed E-state index contributed by atoms with van der Waals surface area (Å²) in [6.45, 7) is 1.60. The van der Waals surface area contributed by atoms with Gasteiger partial charge < -0.3 is 4.90 Å². The van der Waals surface area contributed by atoms with Gasteiger partial charge in [-0.2, -0.15) is 9.57 Å². The molecule has 0 saturated carbocycles. The number of rotatable bonds is 8. The Morgan fingerprint density at radius 3 is 2.27 bits per heavy atom. The molecule has 0 aliphatic carbocycles. The third kappa shape index (κ3) is 5.68. The van der Waals surface area contributed by atoms with E-state index in [1.807, 2.05) is 30.3 Å². The predicted octanol–water partition coefficient (Wildman–Crippen LogP) is 3.35. The van der Waals surface area contributed by atoms with E-state index < -0.39 is 10.0 Å². The van der Waals surface area contributed by atoms with Crippen LogP contribution in [0.25, 0.3) is 0 Å². The Labute approximate surface area is 178 Å². The van der Waals surface area contributed by atoms with Crippen molar-refractivity contribution in [2.75, 3.05) is 19.6 Å². The van der Waals surface area contributed by atoms with Gasteiger partial charge in [-0.1, -0.05) is 48.9 Å². The van der Waals surface area contributed by atoms with Crippen molar-refractivity contribution in [3.8, 4) is 6.07 Å². The van der Waals surface area contributed by atoms with Crippen molar-refractivity contribution in [1.29, 1.82) is 5.26 Å². The fourth-order valence-corrected chi connectivity index (χ4v) is 5.13. The van der Waals surface area contributed by atoms with E-state index in [1.54, 1.807) is 33.5 Å². The minimum Gasteiger partial charge on any atom is -0.325 e. The molecule has 158 valence electrons. The smallest absolute Gasteiger partial charge is 0.243 e. The zero-order chi connectivity index (χ0) is 21.4. The van der Waals surface area contributed by atoms with E-state index in [4.69, 9.17) is 5.26 Å². The lowest BCUT2D eigenvalue weighted by Gasteiger charge is -2.25. The van der Waals surface area contributed by atoms with Gasteiger partial charge in [-0.25, -0.2) is 8.42 Å². The summed E-state index contributed by atoms with van der Waals surface area (Å²) in [7, 11) is -3.44. The highest BCUT2D eigenvalue weighted by molar-refractivity contribution is 7.89. The van der Waals surface area contributed by atoms with Crippen LogP contribution in [0.1, 0.15) is 36.8 Å². The molecule has 0 spiro atoms. The van der Waals surface area contributed by atoms with Crippen LogP contribution in [0.4, 0.5) is 0 Å². The Morgan fingerprint density at radius 2 is 1.63 bits per heavy atom. The summed E-state index contributed by atoms with van der Waals surface area (Å²) in [6.07, 6.45) is 3.65. The van der Waals surface area contributed by atoms with E-state index in [0.29, 0.717) is 31.0 Å². The third-order valence-electron chi connectivity index (χ3n) is 5.33. The van der Waals surface area contributed by atoms with Gasteiger partial charge in [-0.3, -0.25) is 4.79 Å². The van der Waals surface area contributed by atoms with E-state index in [-0.39, 0.29) is 18.9 Å². The monoisotopic (exact) mass is 425 g/mol. The molecule has 0 radical (unpaired) electrons. The number of carbonyl (C=O) groups is 1. The number of piperidine rings is 1. The van der Waals surface area contributed by atoms with Gasteiger partial charge in [0.25, 0.3) is 0 Å². The third-order valence-corrected chi connectivity index (χ3v) is 7.25. The van der Waals surface area contributed by atoms with Crippen LogP contribution >= 0.6 is 0 Å². The molecule has 2 aromatic carbocycles. The van der Waals surface area contributed by atoms with Crippen molar-refractivity contribution in [2.24, 2.45) is 0 Å². The molecule has 6 nitrogen and oxygen atoms in total. The number of aryl methyl sites for hydroxylation is 1. The maximum absolute atomic E-state index is 12.7. The lowest BCUT2D eigenvalue weighted by Crippen LogP contribution is -2.35. The molecule has 3 rings (SSSR count). The van der Waals surface area contributed by atoms with Crippen LogP contribution in [-0.4, -0.2) is 43.2 Å². The molecule has 0 aromatic heterocycles. The first kappa shape index (κ1) is 22.0. The van der Waals surface area contributed by atoms with E-state index in [9.17, 15) is 13.2 Å². The fraction of sp³-hybridized carbons (Fsp3) is 0.391. The Balaban J connectivity index is 1.59. The highest BCUT2D eigenvalue weighted by Gasteiger charge is 2.25. The van der Waals surface area contributed by atoms with Gasteiger partial charge in [0.2, 0.25) is 15.9 Å². The van der Waals surface area contributed by atoms with E-state index >= 15 is 0 Å². The van der Waals surface area contributed by atoms with Crippen LogP contribution in [0.15, 0.2) is 59.5 Å². The zero-order valence-corrected chi connectivity index (χ0v) is 17.9. The summed E-state index contributed by atoms with van der Waals surface area (Å²) in [4.78, 5) is 14.5. The van der Waals surface area contributed by atoms with Crippen LogP contribution in [0.2, 0.25) is 0 Å². The Morgan fingerprint density at radius 1 is 0.967 bits per heavy atom. The molecule has 0 N–H and O–H groups in total. The molecule has 1 heterocycles. The van der Waals surface area contributed by atoms with Gasteiger partial charge in [0, 0.05) is 26.1 Å². The molecule has 0 atom stereocenters. The number of hydrogen-bond acceptors (Lipinski definition) is 4. The van der Waals surface area contributed by atoms with Gasteiger partial charge in [0.05, 0.1) is 11.0 Å². The first-order chi connectivity index (χ1) is 14.5. The van der Waals surface area contributed by atoms with Crippen molar-refractivity contribution in [3.63, 3.8) is 0 Å². The molecule has 1 aliphatic heterocycles. The van der Waals surface area contributed by atoms with Gasteiger partial charge in [0.1, 0.15) is 6.54 Å². The number of benzene rings is 2. The van der Waals surface area contributed by atoms with Gasteiger partial charge in [0.15, 0.2) is 0 Å². The predicted molar refractivity (Wildman–Crippen MR) is 115 cm³/mol. The molecule has 1 aliphatic rings. The van der Waals surface area contributed by atoms with E-state index in [1.165, 1.54) is 0 Å². The number of carbonyl (C=O) groups excluding carboxylic acids is 1. The summed E-state index contributed by atoms with van der Waals surface area (Å²) < 4.78 is 27.0. The summed E-state index contributed by atoms with van der Waals surface area (Å²) >= 11 is 0. The summed E-state index contributed by atoms with van der Waals surface area (Å²) in [5.74, 6) is -0.0922. The second-order valence-electron chi connectivity index (χ2n) is 7.50. The zero-order valence-electron chi connectivity index (χ0n) is 17.0. The second kappa shape index (κ2) is 10.4. The minimum absolute atomic E-state index is 0.0424. The largest absolute Gasteiger partial charge is 0.325 e. The lowest BCUT2D eigenvalue weighted by atomic mass is 10.1. The summed E-state index contributed by atoms with van der Waals surface area (Å²) in [6, 6.07) is 18.4. The minimum atomic E-state index is -3.44. The normalized spacial score (nSPS) is 14.8. The molecule has 0 unspecified atom stereocenters. The van der Waals surface area contributed by atoms with Crippen LogP contribution in [-0.2, 0) is 27.8 Å². The Kier molecular flexibility index (Phi) is 7.61. The maximum Gasteiger partial charge on any atom is 0.243 e.